The van der Waals surface area contributed by atoms with E-state index in [9.17, 15) is 27.6 Å². The van der Waals surface area contributed by atoms with E-state index in [4.69, 9.17) is 11.6 Å². The van der Waals surface area contributed by atoms with Crippen molar-refractivity contribution in [1.82, 2.24) is 34.4 Å². The van der Waals surface area contributed by atoms with Crippen molar-refractivity contribution in [2.24, 2.45) is 24.8 Å². The Balaban J connectivity index is 1.10. The van der Waals surface area contributed by atoms with Crippen LogP contribution in [-0.2, 0) is 24.6 Å². The molecule has 4 heterocycles. The average Bonchev–Trinajstić information content (AvgIpc) is 3.35. The van der Waals surface area contributed by atoms with E-state index in [0.29, 0.717) is 43.6 Å². The van der Waals surface area contributed by atoms with Crippen LogP contribution in [0.4, 0.5) is 18.9 Å². The van der Waals surface area contributed by atoms with Gasteiger partial charge in [-0.05, 0) is 50.0 Å². The number of carbonyl (C=O) groups is 3. The van der Waals surface area contributed by atoms with E-state index in [0.717, 1.165) is 17.8 Å². The molecule has 2 N–H and O–H groups in total. The minimum absolute atomic E-state index is 0.0539. The summed E-state index contributed by atoms with van der Waals surface area (Å²) in [6.45, 7) is 8.99. The number of benzene rings is 1. The van der Waals surface area contributed by atoms with Gasteiger partial charge in [0.05, 0.1) is 34.6 Å². The number of hydrogen-bond donors (Lipinski definition) is 2. The third-order valence-electron chi connectivity index (χ3n) is 8.64. The Morgan fingerprint density at radius 3 is 2.40 bits per heavy atom. The molecule has 15 heteroatoms. The number of allylic oxidation sites excluding steroid dienone is 1. The van der Waals surface area contributed by atoms with Crippen molar-refractivity contribution < 1.29 is 27.6 Å². The van der Waals surface area contributed by atoms with Crippen LogP contribution in [0.3, 0.4) is 0 Å². The van der Waals surface area contributed by atoms with E-state index in [1.807, 2.05) is 4.90 Å². The van der Waals surface area contributed by atoms with Gasteiger partial charge in [-0.15, -0.1) is 0 Å². The summed E-state index contributed by atoms with van der Waals surface area (Å²) in [5, 5.41) is 9.74. The molecule has 238 valence electrons. The van der Waals surface area contributed by atoms with Gasteiger partial charge < -0.3 is 25.0 Å². The lowest BCUT2D eigenvalue weighted by Gasteiger charge is -2.35. The van der Waals surface area contributed by atoms with Gasteiger partial charge in [0, 0.05) is 51.0 Å². The summed E-state index contributed by atoms with van der Waals surface area (Å²) in [7, 11) is 1.43. The molecule has 1 unspecified atom stereocenters. The summed E-state index contributed by atoms with van der Waals surface area (Å²) in [5.41, 5.74) is -0.114. The molecule has 3 aliphatic rings. The number of nitrogens with zero attached hydrogens (tertiary/aromatic N) is 6. The van der Waals surface area contributed by atoms with E-state index in [-0.39, 0.29) is 57.6 Å². The van der Waals surface area contributed by atoms with Gasteiger partial charge in [0.2, 0.25) is 5.91 Å². The van der Waals surface area contributed by atoms with Crippen molar-refractivity contribution in [2.75, 3.05) is 44.6 Å². The Kier molecular flexibility index (Phi) is 7.98. The number of aromatic nitrogens is 4. The topological polar surface area (TPSA) is 117 Å². The van der Waals surface area contributed by atoms with Crippen molar-refractivity contribution in [3.05, 3.63) is 64.8 Å². The normalized spacial score (nSPS) is 21.1. The third kappa shape index (κ3) is 5.96. The van der Waals surface area contributed by atoms with Crippen LogP contribution in [0, 0.1) is 17.8 Å². The van der Waals surface area contributed by atoms with E-state index < -0.39 is 17.8 Å². The molecular weight excluding hydrogens is 613 g/mol. The zero-order chi connectivity index (χ0) is 32.2. The van der Waals surface area contributed by atoms with E-state index in [2.05, 4.69) is 27.3 Å². The molecular formula is C30H32ClF3N8O3. The van der Waals surface area contributed by atoms with Crippen LogP contribution < -0.4 is 10.6 Å². The summed E-state index contributed by atoms with van der Waals surface area (Å²) in [4.78, 5) is 46.8. The monoisotopic (exact) mass is 644 g/mol. The van der Waals surface area contributed by atoms with Crippen LogP contribution in [0.2, 0.25) is 5.02 Å². The quantitative estimate of drug-likeness (QED) is 0.380. The van der Waals surface area contributed by atoms with Crippen molar-refractivity contribution >= 4 is 35.0 Å². The Bertz CT molecular complexity index is 1680. The minimum atomic E-state index is -4.73. The SMILES string of the molecule is C=C(C)Cn1cc(-c2cnc(C(=O)Nc3ccc(C(=O)N4CCN(C(=O)C5[C@H]6CNC[C@@H]56)CC4)c(Cl)c3)n2C)c(C(F)(F)F)n1. The first-order valence-corrected chi connectivity index (χ1v) is 14.9. The first kappa shape index (κ1) is 30.8. The standard InChI is InChI=1S/C30H32ClF3N8O3/c1-16(2)14-42-15-21(25(38-42)30(32,33)34)23-13-36-26(39(23)3)27(43)37-17-4-5-18(22(31)10-17)28(44)40-6-8-41(9-7-40)29(45)24-19-11-35-12-20(19)24/h4-5,10,13,15,19-20,24,35H,1,6-9,11-12,14H2,2-3H3,(H,37,43)/t19-,20+,24?. The number of carbonyl (C=O) groups excluding carboxylic acids is 3. The van der Waals surface area contributed by atoms with Gasteiger partial charge in [0.15, 0.2) is 11.5 Å². The molecule has 45 heavy (non-hydrogen) atoms. The first-order valence-electron chi connectivity index (χ1n) is 14.5. The highest BCUT2D eigenvalue weighted by Gasteiger charge is 2.58. The minimum Gasteiger partial charge on any atom is -0.339 e. The maximum atomic E-state index is 13.8. The number of halogens is 4. The number of imidazole rings is 1. The fourth-order valence-electron chi connectivity index (χ4n) is 6.30. The fraction of sp³-hybridized carbons (Fsp3) is 0.433. The van der Waals surface area contributed by atoms with Crippen molar-refractivity contribution in [1.29, 1.82) is 0 Å². The average molecular weight is 645 g/mol. The Morgan fingerprint density at radius 2 is 1.78 bits per heavy atom. The zero-order valence-corrected chi connectivity index (χ0v) is 25.5. The van der Waals surface area contributed by atoms with Gasteiger partial charge in [-0.1, -0.05) is 23.8 Å². The first-order chi connectivity index (χ1) is 21.3. The van der Waals surface area contributed by atoms with Crippen LogP contribution in [0.1, 0.15) is 33.6 Å². The van der Waals surface area contributed by atoms with Crippen LogP contribution in [0.5, 0.6) is 0 Å². The molecule has 2 aromatic heterocycles. The Hall–Kier alpha value is -4.17. The molecule has 0 radical (unpaired) electrons. The summed E-state index contributed by atoms with van der Waals surface area (Å²) in [6, 6.07) is 4.45. The number of amides is 3. The van der Waals surface area contributed by atoms with Gasteiger partial charge in [0.25, 0.3) is 11.8 Å². The second-order valence-electron chi connectivity index (χ2n) is 11.8. The molecule has 11 nitrogen and oxygen atoms in total. The van der Waals surface area contributed by atoms with E-state index in [1.165, 1.54) is 42.2 Å². The number of alkyl halides is 3. The maximum Gasteiger partial charge on any atom is 0.435 e. The summed E-state index contributed by atoms with van der Waals surface area (Å²) in [5.74, 6) is 0.0565. The lowest BCUT2D eigenvalue weighted by molar-refractivity contribution is -0.141. The highest BCUT2D eigenvalue weighted by Crippen LogP contribution is 2.49. The predicted molar refractivity (Wildman–Crippen MR) is 159 cm³/mol. The summed E-state index contributed by atoms with van der Waals surface area (Å²) in [6.07, 6.45) is -2.29. The lowest BCUT2D eigenvalue weighted by atomic mass is 10.1. The molecule has 0 bridgehead atoms. The Labute approximate surface area is 262 Å². The Morgan fingerprint density at radius 1 is 1.11 bits per heavy atom. The molecule has 6 rings (SSSR count). The molecule has 3 amide bonds. The van der Waals surface area contributed by atoms with Gasteiger partial charge in [-0.2, -0.15) is 18.3 Å². The van der Waals surface area contributed by atoms with Crippen molar-refractivity contribution in [3.63, 3.8) is 0 Å². The van der Waals surface area contributed by atoms with E-state index >= 15 is 0 Å². The third-order valence-corrected chi connectivity index (χ3v) is 8.95. The number of nitrogens with one attached hydrogen (secondary N) is 2. The summed E-state index contributed by atoms with van der Waals surface area (Å²) >= 11 is 6.46. The fourth-order valence-corrected chi connectivity index (χ4v) is 6.56. The largest absolute Gasteiger partial charge is 0.435 e. The number of fused-ring (bicyclic) bond motifs is 1. The van der Waals surface area contributed by atoms with Gasteiger partial charge in [0.1, 0.15) is 0 Å². The molecule has 1 aliphatic carbocycles. The van der Waals surface area contributed by atoms with E-state index in [1.54, 1.807) is 11.8 Å². The molecule has 2 saturated heterocycles. The van der Waals surface area contributed by atoms with Gasteiger partial charge >= 0.3 is 6.18 Å². The molecule has 0 spiro atoms. The van der Waals surface area contributed by atoms with Crippen LogP contribution in [0.15, 0.2) is 42.7 Å². The lowest BCUT2D eigenvalue weighted by Crippen LogP contribution is -2.51. The van der Waals surface area contributed by atoms with Gasteiger partial charge in [-0.25, -0.2) is 4.98 Å². The molecule has 1 saturated carbocycles. The van der Waals surface area contributed by atoms with Crippen LogP contribution in [-0.4, -0.2) is 86.1 Å². The predicted octanol–water partition coefficient (Wildman–Crippen LogP) is 3.53. The number of rotatable bonds is 7. The molecule has 3 fully saturated rings. The van der Waals surface area contributed by atoms with Crippen molar-refractivity contribution in [2.45, 2.75) is 19.6 Å². The maximum absolute atomic E-state index is 13.8. The van der Waals surface area contributed by atoms with Crippen LogP contribution in [0.25, 0.3) is 11.3 Å². The number of piperidine rings is 1. The number of anilines is 1. The molecule has 2 aliphatic heterocycles. The summed E-state index contributed by atoms with van der Waals surface area (Å²) < 4.78 is 43.7. The second kappa shape index (κ2) is 11.6. The second-order valence-corrected chi connectivity index (χ2v) is 12.3. The zero-order valence-electron chi connectivity index (χ0n) is 24.7. The number of hydrogen-bond acceptors (Lipinski definition) is 6. The van der Waals surface area contributed by atoms with Gasteiger partial charge in [-0.3, -0.25) is 19.1 Å². The van der Waals surface area contributed by atoms with Crippen LogP contribution >= 0.6 is 11.6 Å². The molecule has 1 aromatic carbocycles. The van der Waals surface area contributed by atoms with Crippen molar-refractivity contribution in [3.8, 4) is 11.3 Å². The molecule has 3 atom stereocenters. The number of piperazine rings is 1. The highest BCUT2D eigenvalue weighted by molar-refractivity contribution is 6.34. The highest BCUT2D eigenvalue weighted by atomic mass is 35.5. The molecule has 3 aromatic rings. The smallest absolute Gasteiger partial charge is 0.339 e.